The van der Waals surface area contributed by atoms with Gasteiger partial charge in [-0.15, -0.1) is 5.10 Å². The van der Waals surface area contributed by atoms with Gasteiger partial charge in [-0.2, -0.15) is 0 Å². The molecule has 5 nitrogen and oxygen atoms in total. The van der Waals surface area contributed by atoms with E-state index in [9.17, 15) is 4.39 Å². The van der Waals surface area contributed by atoms with Crippen molar-refractivity contribution in [1.82, 2.24) is 15.0 Å². The first-order chi connectivity index (χ1) is 9.67. The minimum absolute atomic E-state index is 0.0155. The summed E-state index contributed by atoms with van der Waals surface area (Å²) in [5.41, 5.74) is 1.16. The highest BCUT2D eigenvalue weighted by atomic mass is 19.1. The Hall–Kier alpha value is -2.39. The molecule has 0 atom stereocenters. The van der Waals surface area contributed by atoms with Crippen LogP contribution in [0.2, 0.25) is 0 Å². The third-order valence-corrected chi connectivity index (χ3v) is 2.38. The molecule has 104 valence electrons. The molecule has 0 aliphatic rings. The van der Waals surface area contributed by atoms with E-state index in [1.165, 1.54) is 12.1 Å². The second-order valence-electron chi connectivity index (χ2n) is 4.12. The lowest BCUT2D eigenvalue weighted by Crippen LogP contribution is -1.97. The number of nitrogens with zero attached hydrogens (tertiary/aromatic N) is 3. The Morgan fingerprint density at radius 1 is 1.40 bits per heavy atom. The summed E-state index contributed by atoms with van der Waals surface area (Å²) in [4.78, 5) is 0. The van der Waals surface area contributed by atoms with Gasteiger partial charge in [0.1, 0.15) is 23.9 Å². The average Bonchev–Trinajstić information content (AvgIpc) is 2.82. The number of ether oxygens (including phenoxy) is 1. The Morgan fingerprint density at radius 3 is 2.95 bits per heavy atom. The van der Waals surface area contributed by atoms with Crippen LogP contribution in [0.4, 0.5) is 4.39 Å². The van der Waals surface area contributed by atoms with Crippen molar-refractivity contribution >= 4 is 0 Å². The van der Waals surface area contributed by atoms with Crippen LogP contribution in [0.25, 0.3) is 0 Å². The van der Waals surface area contributed by atoms with Gasteiger partial charge in [0.15, 0.2) is 0 Å². The van der Waals surface area contributed by atoms with E-state index in [0.29, 0.717) is 23.4 Å². The molecule has 6 heteroatoms. The number of aromatic nitrogens is 3. The minimum atomic E-state index is -0.421. The van der Waals surface area contributed by atoms with Crippen molar-refractivity contribution in [3.63, 3.8) is 0 Å². The summed E-state index contributed by atoms with van der Waals surface area (Å²) in [6.07, 6.45) is 2.08. The average molecular weight is 275 g/mol. The van der Waals surface area contributed by atoms with Crippen LogP contribution in [-0.4, -0.2) is 26.7 Å². The largest absolute Gasteiger partial charge is 0.487 e. The number of rotatable bonds is 4. The second-order valence-corrected chi connectivity index (χ2v) is 4.12. The van der Waals surface area contributed by atoms with Gasteiger partial charge in [-0.3, -0.25) is 4.68 Å². The van der Waals surface area contributed by atoms with E-state index in [2.05, 4.69) is 22.2 Å². The van der Waals surface area contributed by atoms with Gasteiger partial charge in [0.25, 0.3) is 0 Å². The lowest BCUT2D eigenvalue weighted by atomic mass is 10.2. The summed E-state index contributed by atoms with van der Waals surface area (Å²) < 4.78 is 20.5. The molecule has 0 spiro atoms. The van der Waals surface area contributed by atoms with Crippen molar-refractivity contribution in [2.75, 3.05) is 6.61 Å². The molecule has 1 aromatic carbocycles. The van der Waals surface area contributed by atoms with E-state index in [1.54, 1.807) is 24.0 Å². The molecule has 0 unspecified atom stereocenters. The Bertz CT molecular complexity index is 643. The van der Waals surface area contributed by atoms with E-state index in [4.69, 9.17) is 9.84 Å². The second kappa shape index (κ2) is 6.68. The Labute approximate surface area is 116 Å². The fourth-order valence-electron chi connectivity index (χ4n) is 1.56. The Balaban J connectivity index is 2.06. The zero-order chi connectivity index (χ0) is 14.4. The normalized spacial score (nSPS) is 9.95. The predicted molar refractivity (Wildman–Crippen MR) is 70.3 cm³/mol. The van der Waals surface area contributed by atoms with Crippen LogP contribution in [0.3, 0.4) is 0 Å². The van der Waals surface area contributed by atoms with E-state index in [1.807, 2.05) is 0 Å². The van der Waals surface area contributed by atoms with Crippen molar-refractivity contribution < 1.29 is 14.2 Å². The molecule has 0 saturated heterocycles. The first-order valence-electron chi connectivity index (χ1n) is 6.05. The summed E-state index contributed by atoms with van der Waals surface area (Å²) in [6.45, 7) is 0.194. The lowest BCUT2D eigenvalue weighted by molar-refractivity contribution is 0.299. The smallest absolute Gasteiger partial charge is 0.134 e. The number of aryl methyl sites for hydroxylation is 1. The van der Waals surface area contributed by atoms with Crippen molar-refractivity contribution in [2.45, 2.75) is 13.0 Å². The molecule has 0 aliphatic heterocycles. The molecule has 2 aromatic rings. The van der Waals surface area contributed by atoms with Gasteiger partial charge in [0.05, 0.1) is 12.8 Å². The molecule has 0 aliphatic carbocycles. The van der Waals surface area contributed by atoms with Crippen LogP contribution < -0.4 is 4.74 Å². The summed E-state index contributed by atoms with van der Waals surface area (Å²) in [7, 11) is 1.76. The number of aliphatic hydroxyl groups is 1. The van der Waals surface area contributed by atoms with Crippen molar-refractivity contribution in [1.29, 1.82) is 0 Å². The van der Waals surface area contributed by atoms with Crippen LogP contribution >= 0.6 is 0 Å². The van der Waals surface area contributed by atoms with Gasteiger partial charge in [0.2, 0.25) is 0 Å². The molecular formula is C14H14FN3O2. The third kappa shape index (κ3) is 4.07. The van der Waals surface area contributed by atoms with Crippen molar-refractivity contribution in [2.24, 2.45) is 7.05 Å². The number of hydrogen-bond donors (Lipinski definition) is 1. The molecule has 1 aromatic heterocycles. The van der Waals surface area contributed by atoms with Gasteiger partial charge in [-0.1, -0.05) is 17.1 Å². The lowest BCUT2D eigenvalue weighted by Gasteiger charge is -2.04. The summed E-state index contributed by atoms with van der Waals surface area (Å²) in [6, 6.07) is 4.25. The number of hydrogen-bond acceptors (Lipinski definition) is 4. The van der Waals surface area contributed by atoms with Gasteiger partial charge in [0, 0.05) is 25.1 Å². The van der Waals surface area contributed by atoms with Gasteiger partial charge in [-0.25, -0.2) is 4.39 Å². The minimum Gasteiger partial charge on any atom is -0.487 e. The molecule has 0 fully saturated rings. The number of halogens is 1. The van der Waals surface area contributed by atoms with E-state index in [-0.39, 0.29) is 13.2 Å². The fourth-order valence-corrected chi connectivity index (χ4v) is 1.56. The maximum Gasteiger partial charge on any atom is 0.134 e. The first-order valence-corrected chi connectivity index (χ1v) is 6.05. The van der Waals surface area contributed by atoms with Crippen molar-refractivity contribution in [3.8, 4) is 17.6 Å². The molecule has 20 heavy (non-hydrogen) atoms. The van der Waals surface area contributed by atoms with Crippen LogP contribution in [-0.2, 0) is 13.7 Å². The monoisotopic (exact) mass is 275 g/mol. The highest BCUT2D eigenvalue weighted by Crippen LogP contribution is 2.17. The highest BCUT2D eigenvalue weighted by Gasteiger charge is 2.03. The van der Waals surface area contributed by atoms with Gasteiger partial charge < -0.3 is 9.84 Å². The molecule has 1 N–H and O–H groups in total. The van der Waals surface area contributed by atoms with Gasteiger partial charge >= 0.3 is 0 Å². The molecular weight excluding hydrogens is 261 g/mol. The molecule has 0 bridgehead atoms. The number of benzene rings is 1. The van der Waals surface area contributed by atoms with Crippen LogP contribution in [0.1, 0.15) is 17.7 Å². The topological polar surface area (TPSA) is 60.2 Å². The molecule has 1 heterocycles. The Morgan fingerprint density at radius 2 is 2.25 bits per heavy atom. The Kier molecular flexibility index (Phi) is 4.69. The molecule has 2 rings (SSSR count). The fraction of sp³-hybridized carbons (Fsp3) is 0.286. The van der Waals surface area contributed by atoms with E-state index >= 15 is 0 Å². The third-order valence-electron chi connectivity index (χ3n) is 2.38. The summed E-state index contributed by atoms with van der Waals surface area (Å²) >= 11 is 0. The van der Waals surface area contributed by atoms with E-state index < -0.39 is 5.82 Å². The van der Waals surface area contributed by atoms with Gasteiger partial charge in [-0.05, 0) is 12.1 Å². The SMILES string of the molecule is Cn1cc(COc2cc(F)cc(C#CCCO)c2)nn1. The standard InChI is InChI=1S/C14H14FN3O2/c1-18-9-13(16-17-18)10-20-14-7-11(4-2-3-5-19)6-12(15)8-14/h6-9,19H,3,5,10H2,1H3. The van der Waals surface area contributed by atoms with Crippen molar-refractivity contribution in [3.05, 3.63) is 41.5 Å². The quantitative estimate of drug-likeness (QED) is 0.854. The number of aliphatic hydroxyl groups excluding tert-OH is 1. The summed E-state index contributed by atoms with van der Waals surface area (Å²) in [5.74, 6) is 5.46. The predicted octanol–water partition coefficient (Wildman–Crippen LogP) is 1.27. The van der Waals surface area contributed by atoms with Crippen LogP contribution in [0.5, 0.6) is 5.75 Å². The summed E-state index contributed by atoms with van der Waals surface area (Å²) in [5, 5.41) is 16.3. The highest BCUT2D eigenvalue weighted by molar-refractivity contribution is 5.40. The first kappa shape index (κ1) is 14.0. The maximum atomic E-state index is 13.4. The molecule has 0 amide bonds. The zero-order valence-corrected chi connectivity index (χ0v) is 11.0. The van der Waals surface area contributed by atoms with E-state index in [0.717, 1.165) is 0 Å². The maximum absolute atomic E-state index is 13.4. The van der Waals surface area contributed by atoms with Crippen LogP contribution in [0.15, 0.2) is 24.4 Å². The molecule has 0 saturated carbocycles. The zero-order valence-electron chi connectivity index (χ0n) is 11.0. The molecule has 0 radical (unpaired) electrons. The van der Waals surface area contributed by atoms with Crippen LogP contribution in [0, 0.1) is 17.7 Å².